The highest BCUT2D eigenvalue weighted by molar-refractivity contribution is 9.10. The molecule has 2 fully saturated rings. The molecule has 1 aromatic carbocycles. The summed E-state index contributed by atoms with van der Waals surface area (Å²) >= 11 is 3.50. The normalized spacial score (nSPS) is 37.5. The number of aliphatic hydroxyl groups is 1. The highest BCUT2D eigenvalue weighted by atomic mass is 79.9. The first-order valence-electron chi connectivity index (χ1n) is 8.01. The molecule has 1 nitrogen and oxygen atoms in total. The molecule has 0 saturated heterocycles. The molecular formula is C18H25BrO. The summed E-state index contributed by atoms with van der Waals surface area (Å²) < 4.78 is 1.13. The van der Waals surface area contributed by atoms with Crippen LogP contribution in [0.5, 0.6) is 0 Å². The summed E-state index contributed by atoms with van der Waals surface area (Å²) in [6.45, 7) is 2.47. The molecule has 0 aliphatic heterocycles. The molecule has 0 unspecified atom stereocenters. The average Bonchev–Trinajstić information content (AvgIpc) is 2.45. The highest BCUT2D eigenvalue weighted by Gasteiger charge is 2.46. The minimum absolute atomic E-state index is 0.102. The molecule has 1 N–H and O–H groups in total. The Morgan fingerprint density at radius 2 is 1.90 bits per heavy atom. The second-order valence-electron chi connectivity index (χ2n) is 7.11. The van der Waals surface area contributed by atoms with Crippen LogP contribution < -0.4 is 0 Å². The van der Waals surface area contributed by atoms with Gasteiger partial charge in [-0.2, -0.15) is 0 Å². The van der Waals surface area contributed by atoms with Gasteiger partial charge in [0, 0.05) is 4.47 Å². The maximum atomic E-state index is 10.5. The minimum Gasteiger partial charge on any atom is -0.393 e. The second kappa shape index (κ2) is 5.81. The first kappa shape index (κ1) is 14.6. The molecule has 2 heteroatoms. The second-order valence-corrected chi connectivity index (χ2v) is 8.02. The van der Waals surface area contributed by atoms with Crippen LogP contribution in [0.25, 0.3) is 0 Å². The zero-order valence-electron chi connectivity index (χ0n) is 12.3. The van der Waals surface area contributed by atoms with Crippen molar-refractivity contribution in [2.24, 2.45) is 17.3 Å². The zero-order valence-corrected chi connectivity index (χ0v) is 13.9. The summed E-state index contributed by atoms with van der Waals surface area (Å²) in [5.41, 5.74) is 1.85. The first-order chi connectivity index (χ1) is 9.58. The van der Waals surface area contributed by atoms with E-state index in [1.54, 1.807) is 0 Å². The van der Waals surface area contributed by atoms with Gasteiger partial charge < -0.3 is 5.11 Å². The topological polar surface area (TPSA) is 20.2 Å². The van der Waals surface area contributed by atoms with Crippen LogP contribution in [0.3, 0.4) is 0 Å². The summed E-state index contributed by atoms with van der Waals surface area (Å²) in [4.78, 5) is 0. The number of hydrogen-bond donors (Lipinski definition) is 1. The molecule has 1 aromatic rings. The molecule has 2 aliphatic rings. The Kier molecular flexibility index (Phi) is 4.24. The van der Waals surface area contributed by atoms with E-state index < -0.39 is 0 Å². The Labute approximate surface area is 130 Å². The first-order valence-corrected chi connectivity index (χ1v) is 8.80. The van der Waals surface area contributed by atoms with E-state index in [0.717, 1.165) is 17.3 Å². The molecule has 2 aliphatic carbocycles. The molecule has 0 bridgehead atoms. The van der Waals surface area contributed by atoms with E-state index in [2.05, 4.69) is 47.1 Å². The van der Waals surface area contributed by atoms with E-state index in [4.69, 9.17) is 0 Å². The zero-order chi connectivity index (χ0) is 14.2. The Morgan fingerprint density at radius 3 is 2.65 bits per heavy atom. The van der Waals surface area contributed by atoms with Crippen molar-refractivity contribution in [2.75, 3.05) is 0 Å². The van der Waals surface area contributed by atoms with Crippen LogP contribution in [-0.2, 0) is 6.42 Å². The molecular weight excluding hydrogens is 312 g/mol. The third-order valence-corrected chi connectivity index (χ3v) is 6.34. The van der Waals surface area contributed by atoms with Crippen molar-refractivity contribution >= 4 is 15.9 Å². The van der Waals surface area contributed by atoms with E-state index in [9.17, 15) is 5.11 Å². The fourth-order valence-corrected chi connectivity index (χ4v) is 4.86. The maximum Gasteiger partial charge on any atom is 0.0574 e. The van der Waals surface area contributed by atoms with Gasteiger partial charge in [0.2, 0.25) is 0 Å². The lowest BCUT2D eigenvalue weighted by atomic mass is 9.55. The van der Waals surface area contributed by atoms with Crippen molar-refractivity contribution < 1.29 is 5.11 Å². The van der Waals surface area contributed by atoms with E-state index in [1.165, 1.54) is 37.7 Å². The summed E-state index contributed by atoms with van der Waals surface area (Å²) in [5.74, 6) is 1.17. The molecule has 4 atom stereocenters. The number of benzene rings is 1. The van der Waals surface area contributed by atoms with Crippen molar-refractivity contribution in [3.05, 3.63) is 34.3 Å². The number of halogens is 1. The Balaban J connectivity index is 1.80. The number of rotatable bonds is 2. The van der Waals surface area contributed by atoms with Gasteiger partial charge in [-0.1, -0.05) is 47.8 Å². The van der Waals surface area contributed by atoms with E-state index in [0.29, 0.717) is 17.3 Å². The summed E-state index contributed by atoms with van der Waals surface area (Å²) in [5, 5.41) is 10.5. The standard InChI is InChI=1S/C18H25BrO/c1-18-10-3-2-4-16(18)15(17(20)9-11-18)12-13-5-7-14(19)8-6-13/h5-8,15-17,20H,2-4,9-12H2,1H3/t15-,16-,17+,18-/m0/s1. The smallest absolute Gasteiger partial charge is 0.0574 e. The van der Waals surface area contributed by atoms with Gasteiger partial charge in [-0.05, 0) is 67.1 Å². The maximum absolute atomic E-state index is 10.5. The van der Waals surface area contributed by atoms with Crippen molar-refractivity contribution in [3.63, 3.8) is 0 Å². The molecule has 0 spiro atoms. The molecule has 2 saturated carbocycles. The molecule has 0 heterocycles. The third-order valence-electron chi connectivity index (χ3n) is 5.82. The van der Waals surface area contributed by atoms with Gasteiger partial charge in [0.15, 0.2) is 0 Å². The lowest BCUT2D eigenvalue weighted by Crippen LogP contribution is -2.46. The summed E-state index contributed by atoms with van der Waals surface area (Å²) in [6.07, 6.45) is 8.56. The largest absolute Gasteiger partial charge is 0.393 e. The highest BCUT2D eigenvalue weighted by Crippen LogP contribution is 2.53. The fraction of sp³-hybridized carbons (Fsp3) is 0.667. The predicted octanol–water partition coefficient (Wildman–Crippen LogP) is 4.96. The van der Waals surface area contributed by atoms with E-state index >= 15 is 0 Å². The van der Waals surface area contributed by atoms with Crippen LogP contribution in [-0.4, -0.2) is 11.2 Å². The van der Waals surface area contributed by atoms with Crippen molar-refractivity contribution in [1.29, 1.82) is 0 Å². The summed E-state index contributed by atoms with van der Waals surface area (Å²) in [6, 6.07) is 8.63. The lowest BCUT2D eigenvalue weighted by Gasteiger charge is -2.51. The minimum atomic E-state index is -0.102. The van der Waals surface area contributed by atoms with Crippen LogP contribution >= 0.6 is 15.9 Å². The van der Waals surface area contributed by atoms with Crippen LogP contribution in [0, 0.1) is 17.3 Å². The third kappa shape index (κ3) is 2.82. The fourth-order valence-electron chi connectivity index (χ4n) is 4.60. The van der Waals surface area contributed by atoms with Crippen molar-refractivity contribution in [1.82, 2.24) is 0 Å². The Hall–Kier alpha value is -0.340. The molecule has 3 rings (SSSR count). The predicted molar refractivity (Wildman–Crippen MR) is 86.6 cm³/mol. The Morgan fingerprint density at radius 1 is 1.15 bits per heavy atom. The Bertz CT molecular complexity index is 455. The SMILES string of the molecule is C[C@@]12CCCC[C@H]1[C@H](Cc1ccc(Br)cc1)[C@H](O)CC2. The number of aliphatic hydroxyl groups excluding tert-OH is 1. The van der Waals surface area contributed by atoms with Crippen LogP contribution in [0.1, 0.15) is 51.0 Å². The molecule has 110 valence electrons. The number of fused-ring (bicyclic) bond motifs is 1. The monoisotopic (exact) mass is 336 g/mol. The van der Waals surface area contributed by atoms with Gasteiger partial charge in [0.05, 0.1) is 6.10 Å². The number of hydrogen-bond acceptors (Lipinski definition) is 1. The quantitative estimate of drug-likeness (QED) is 0.809. The van der Waals surface area contributed by atoms with Crippen molar-refractivity contribution in [2.45, 2.75) is 58.0 Å². The van der Waals surface area contributed by atoms with Gasteiger partial charge in [0.25, 0.3) is 0 Å². The van der Waals surface area contributed by atoms with Gasteiger partial charge >= 0.3 is 0 Å². The van der Waals surface area contributed by atoms with Gasteiger partial charge in [-0.25, -0.2) is 0 Å². The van der Waals surface area contributed by atoms with Crippen molar-refractivity contribution in [3.8, 4) is 0 Å². The van der Waals surface area contributed by atoms with Gasteiger partial charge in [-0.3, -0.25) is 0 Å². The van der Waals surface area contributed by atoms with Crippen LogP contribution in [0.2, 0.25) is 0 Å². The molecule has 20 heavy (non-hydrogen) atoms. The molecule has 0 amide bonds. The van der Waals surface area contributed by atoms with E-state index in [1.807, 2.05) is 0 Å². The average molecular weight is 337 g/mol. The molecule has 0 aromatic heterocycles. The van der Waals surface area contributed by atoms with E-state index in [-0.39, 0.29) is 6.10 Å². The van der Waals surface area contributed by atoms with Gasteiger partial charge in [-0.15, -0.1) is 0 Å². The lowest BCUT2D eigenvalue weighted by molar-refractivity contribution is -0.0623. The molecule has 0 radical (unpaired) electrons. The van der Waals surface area contributed by atoms with Crippen LogP contribution in [0.4, 0.5) is 0 Å². The van der Waals surface area contributed by atoms with Gasteiger partial charge in [0.1, 0.15) is 0 Å². The van der Waals surface area contributed by atoms with Crippen LogP contribution in [0.15, 0.2) is 28.7 Å². The summed E-state index contributed by atoms with van der Waals surface area (Å²) in [7, 11) is 0.